The Morgan fingerprint density at radius 3 is 1.95 bits per heavy atom. The number of carbonyl (C=O) groups is 13. The number of nitrogens with one attached hydrogen (secondary N) is 8. The Morgan fingerprint density at radius 2 is 1.28 bits per heavy atom. The number of likely N-dealkylation sites (tertiary alicyclic amines) is 1. The third-order valence-electron chi connectivity index (χ3n) is 20.3. The molecule has 0 radical (unpaired) electrons. The fraction of sp³-hybridized carbons (Fsp3) is 0.463. The first-order valence-corrected chi connectivity index (χ1v) is 39.0. The maximum Gasteiger partial charge on any atom is 0.271 e. The molecule has 0 unspecified atom stereocenters. The van der Waals surface area contributed by atoms with Gasteiger partial charge in [-0.2, -0.15) is 0 Å². The molecule has 2 aliphatic rings. The van der Waals surface area contributed by atoms with E-state index in [2.05, 4.69) is 62.1 Å². The van der Waals surface area contributed by atoms with Crippen LogP contribution in [0.15, 0.2) is 128 Å². The second kappa shape index (κ2) is 43.3. The minimum atomic E-state index is -3.63. The molecule has 1 aliphatic carbocycles. The third kappa shape index (κ3) is 25.0. The van der Waals surface area contributed by atoms with Crippen LogP contribution >= 0.6 is 11.6 Å². The predicted octanol–water partition coefficient (Wildman–Crippen LogP) is 0.601. The molecule has 12 amide bonds. The van der Waals surface area contributed by atoms with Crippen molar-refractivity contribution in [3.05, 3.63) is 161 Å². The molecule has 1 saturated heterocycles. The number of para-hydroxylation sites is 1. The number of hydrogen-bond donors (Lipinski definition) is 14. The van der Waals surface area contributed by atoms with E-state index in [4.69, 9.17) is 45.7 Å². The van der Waals surface area contributed by atoms with Gasteiger partial charge in [0.05, 0.1) is 48.5 Å². The number of nitrogens with two attached hydrogens (primary N) is 5. The summed E-state index contributed by atoms with van der Waals surface area (Å²) in [5.74, 6) is -16.5. The Morgan fingerprint density at radius 1 is 0.612 bits per heavy atom. The van der Waals surface area contributed by atoms with Crippen LogP contribution in [-0.2, 0) is 72.0 Å². The number of ketones is 1. The van der Waals surface area contributed by atoms with Crippen LogP contribution in [-0.4, -0.2) is 220 Å². The number of hydrogen-bond acceptors (Lipinski definition) is 24. The quantitative estimate of drug-likeness (QED) is 0.0109. The number of guanidine groups is 1. The maximum atomic E-state index is 17.2. The van der Waals surface area contributed by atoms with Crippen molar-refractivity contribution in [3.8, 4) is 0 Å². The molecule has 4 aromatic heterocycles. The number of benzene rings is 2. The fourth-order valence-electron chi connectivity index (χ4n) is 14.2. The zero-order valence-corrected chi connectivity index (χ0v) is 66.0. The van der Waals surface area contributed by atoms with Crippen LogP contribution in [0.5, 0.6) is 0 Å². The highest BCUT2D eigenvalue weighted by molar-refractivity contribution is 6.30. The van der Waals surface area contributed by atoms with Crippen LogP contribution in [0.25, 0.3) is 10.9 Å². The first-order chi connectivity index (χ1) is 55.4. The van der Waals surface area contributed by atoms with Crippen LogP contribution in [0.3, 0.4) is 0 Å². The van der Waals surface area contributed by atoms with E-state index >= 15 is 33.6 Å². The van der Waals surface area contributed by atoms with Crippen molar-refractivity contribution < 1.29 is 67.4 Å². The molecule has 620 valence electrons. The molecule has 8 rings (SSSR count). The van der Waals surface area contributed by atoms with Crippen molar-refractivity contribution >= 4 is 105 Å². The number of aliphatic hydroxyl groups is 1. The SMILES string of the molecule is CC(=O)N[C@H](Cc1cnc2ccccc2c1)C(=O)[C@@](C)(C(=O)N(C(=O)[C@H](CO)NC(=O)[C@H](N)Cc1cccnc1)C(=O)[C@@H](N)CC1CCC(NC(=O)c2cnccn2)CC1)N(C(=O)[C@H](N)Cc1ccc(Cl)cc1)C(=O)[C@@H]1CCCN1C(=O)[C@H](CCCNC(=N)N)NC(=O)[C@H](CC(C)C)NC(=O)[C@H](N)CCCCNC(=O)c1ccccn1. The molecule has 35 nitrogen and oxygen atoms in total. The normalized spacial score (nSPS) is 17.2. The van der Waals surface area contributed by atoms with Gasteiger partial charge in [-0.25, -0.2) is 9.88 Å². The number of amides is 12. The third-order valence-corrected chi connectivity index (χ3v) is 20.6. The van der Waals surface area contributed by atoms with Crippen LogP contribution in [0.1, 0.15) is 149 Å². The molecule has 36 heteroatoms. The maximum absolute atomic E-state index is 17.2. The molecule has 10 atom stereocenters. The number of nitrogens with zero attached hydrogens (tertiary/aromatic N) is 8. The monoisotopic (exact) mass is 1620 g/mol. The second-order valence-electron chi connectivity index (χ2n) is 29.7. The molecule has 1 saturated carbocycles. The van der Waals surface area contributed by atoms with Crippen LogP contribution in [0, 0.1) is 17.2 Å². The Bertz CT molecular complexity index is 4450. The number of aromatic nitrogens is 5. The van der Waals surface area contributed by atoms with Gasteiger partial charge in [-0.15, -0.1) is 0 Å². The van der Waals surface area contributed by atoms with Crippen molar-refractivity contribution in [2.24, 2.45) is 40.5 Å². The standard InChI is InChI=1S/C80H104ClN21O14/c1-46(2)36-63(98-68(106)55(82)16-7-9-31-92-70(108)60-18-8-10-30-90-60)71(109)97-61(19-12-32-93-79(86)87)75(113)100-35-13-20-66(100)77(115)102(74(112)58(85)39-48-21-25-53(81)26-22-48)80(4,67(105)62(95-47(3)104)41-51-37-52-15-5-6-17-59(52)94-43-51)78(116)101(76(114)65(45-103)99-69(107)56(83)40-50-14-11-29-88-42-50)73(111)57(84)38-49-23-27-54(28-24-49)96-72(110)64-44-89-33-34-91-64/h5-6,8,10-11,14-15,17-18,21-22,25-26,29-30,33-34,37,42-44,46,49,54-58,61-63,65-66,103H,7,9,12-13,16,19-20,23-24,27-28,31-32,35-36,38-41,45,82-85H2,1-4H3,(H,92,108)(H,95,104)(H,96,110)(H,97,109)(H,98,106)(H,99,107)(H4,86,87,93)/t49?,54?,55-,56-,57+,58-,61+,62-,63+,65+,66+,80+/m1/s1. The van der Waals surface area contributed by atoms with Gasteiger partial charge in [0.1, 0.15) is 35.6 Å². The summed E-state index contributed by atoms with van der Waals surface area (Å²) in [6, 6.07) is 6.41. The molecule has 2 fully saturated rings. The van der Waals surface area contributed by atoms with Crippen molar-refractivity contribution in [3.63, 3.8) is 0 Å². The molecule has 2 aromatic carbocycles. The number of unbranched alkanes of at least 4 members (excludes halogenated alkanes) is 1. The summed E-state index contributed by atoms with van der Waals surface area (Å²) in [5.41, 5.74) is 30.5. The van der Waals surface area contributed by atoms with Crippen molar-refractivity contribution in [1.82, 2.24) is 76.8 Å². The molecular formula is C80H104ClN21O14. The van der Waals surface area contributed by atoms with Gasteiger partial charge in [-0.3, -0.25) is 92.6 Å². The van der Waals surface area contributed by atoms with E-state index in [1.54, 1.807) is 74.5 Å². The van der Waals surface area contributed by atoms with E-state index in [-0.39, 0.29) is 115 Å². The molecule has 116 heavy (non-hydrogen) atoms. The highest BCUT2D eigenvalue weighted by Crippen LogP contribution is 2.34. The smallest absolute Gasteiger partial charge is 0.271 e. The van der Waals surface area contributed by atoms with Gasteiger partial charge in [0.2, 0.25) is 35.4 Å². The van der Waals surface area contributed by atoms with Crippen LogP contribution in [0.4, 0.5) is 0 Å². The van der Waals surface area contributed by atoms with E-state index in [9.17, 15) is 33.9 Å². The topological polar surface area (TPSA) is 554 Å². The van der Waals surface area contributed by atoms with Gasteiger partial charge in [-0.05, 0) is 174 Å². The Kier molecular flexibility index (Phi) is 33.6. The zero-order chi connectivity index (χ0) is 84.3. The average molecular weight is 1620 g/mol. The average Bonchev–Trinajstić information content (AvgIpc) is 0.962. The number of Topliss-reactive ketones (excluding diaryl/α,β-unsaturated/α-hetero) is 1. The van der Waals surface area contributed by atoms with Gasteiger partial charge >= 0.3 is 0 Å². The van der Waals surface area contributed by atoms with Crippen molar-refractivity contribution in [2.45, 2.75) is 196 Å². The van der Waals surface area contributed by atoms with Crippen LogP contribution in [0.2, 0.25) is 5.02 Å². The number of rotatable bonds is 39. The highest BCUT2D eigenvalue weighted by Gasteiger charge is 2.60. The summed E-state index contributed by atoms with van der Waals surface area (Å²) in [4.78, 5) is 219. The lowest BCUT2D eigenvalue weighted by atomic mass is 9.81. The van der Waals surface area contributed by atoms with E-state index < -0.39 is 168 Å². The molecule has 6 aromatic rings. The lowest BCUT2D eigenvalue weighted by Crippen LogP contribution is -2.74. The summed E-state index contributed by atoms with van der Waals surface area (Å²) in [6.07, 6.45) is 9.89. The summed E-state index contributed by atoms with van der Waals surface area (Å²) < 4.78 is 0. The van der Waals surface area contributed by atoms with Crippen LogP contribution < -0.4 is 65.9 Å². The Balaban J connectivity index is 1.22. The summed E-state index contributed by atoms with van der Waals surface area (Å²) in [6.45, 7) is 3.87. The minimum absolute atomic E-state index is 0.00955. The molecule has 1 aliphatic heterocycles. The highest BCUT2D eigenvalue weighted by atomic mass is 35.5. The van der Waals surface area contributed by atoms with E-state index in [0.717, 1.165) is 18.7 Å². The fourth-order valence-corrected chi connectivity index (χ4v) is 14.3. The van der Waals surface area contributed by atoms with Gasteiger partial charge < -0.3 is 75.9 Å². The molecular weight excluding hydrogens is 1510 g/mol. The second-order valence-corrected chi connectivity index (χ2v) is 30.2. The molecule has 19 N–H and O–H groups in total. The van der Waals surface area contributed by atoms with Crippen molar-refractivity contribution in [2.75, 3.05) is 26.2 Å². The van der Waals surface area contributed by atoms with E-state index in [1.807, 2.05) is 0 Å². The molecule has 0 spiro atoms. The number of fused-ring (bicyclic) bond motifs is 1. The molecule has 5 heterocycles. The van der Waals surface area contributed by atoms with E-state index in [0.29, 0.717) is 60.6 Å². The first-order valence-electron chi connectivity index (χ1n) is 38.7. The van der Waals surface area contributed by atoms with E-state index in [1.165, 1.54) is 67.6 Å². The molecule has 0 bridgehead atoms. The number of halogens is 1. The van der Waals surface area contributed by atoms with Gasteiger partial charge in [0, 0.05) is 86.6 Å². The summed E-state index contributed by atoms with van der Waals surface area (Å²) >= 11 is 6.31. The summed E-state index contributed by atoms with van der Waals surface area (Å²) in [5, 5.41) is 38.6. The Labute approximate surface area is 676 Å². The largest absolute Gasteiger partial charge is 0.394 e. The zero-order valence-electron chi connectivity index (χ0n) is 65.3. The minimum Gasteiger partial charge on any atom is -0.394 e. The van der Waals surface area contributed by atoms with Gasteiger partial charge in [0.15, 0.2) is 17.3 Å². The number of carbonyl (C=O) groups excluding carboxylic acids is 13. The number of imide groups is 4. The van der Waals surface area contributed by atoms with Gasteiger partial charge in [0.25, 0.3) is 35.4 Å². The number of pyridine rings is 3. The summed E-state index contributed by atoms with van der Waals surface area (Å²) in [7, 11) is 0. The first kappa shape index (κ1) is 90.0. The number of aliphatic hydroxyl groups excluding tert-OH is 1. The van der Waals surface area contributed by atoms with Gasteiger partial charge in [-0.1, -0.05) is 67.9 Å². The predicted molar refractivity (Wildman–Crippen MR) is 427 cm³/mol. The van der Waals surface area contributed by atoms with Crippen molar-refractivity contribution in [1.29, 1.82) is 5.41 Å². The lowest BCUT2D eigenvalue weighted by Gasteiger charge is -2.44. The lowest BCUT2D eigenvalue weighted by molar-refractivity contribution is -0.174. The Hall–Kier alpha value is -11.5.